The number of allylic oxidation sites excluding steroid dienone is 1. The molecule has 0 radical (unpaired) electrons. The summed E-state index contributed by atoms with van der Waals surface area (Å²) in [5.41, 5.74) is 0. The van der Waals surface area contributed by atoms with E-state index < -0.39 is 8.80 Å². The average molecular weight is 290 g/mol. The second kappa shape index (κ2) is 10.1. The number of hydrogen-bond donors (Lipinski definition) is 0. The van der Waals surface area contributed by atoms with Gasteiger partial charge >= 0.3 is 14.8 Å². The highest BCUT2D eigenvalue weighted by molar-refractivity contribution is 6.60. The lowest BCUT2D eigenvalue weighted by molar-refractivity contribution is -0.137. The van der Waals surface area contributed by atoms with Crippen molar-refractivity contribution in [3.63, 3.8) is 0 Å². The van der Waals surface area contributed by atoms with Crippen molar-refractivity contribution in [1.82, 2.24) is 0 Å². The Balaban J connectivity index is 3.85. The molecule has 0 unspecified atom stereocenters. The van der Waals surface area contributed by atoms with Crippen molar-refractivity contribution in [2.24, 2.45) is 5.92 Å². The normalized spacial score (nSPS) is 12.3. The van der Waals surface area contributed by atoms with Crippen molar-refractivity contribution in [3.05, 3.63) is 12.2 Å². The molecule has 0 spiro atoms. The van der Waals surface area contributed by atoms with Gasteiger partial charge in [-0.05, 0) is 18.8 Å². The van der Waals surface area contributed by atoms with Crippen molar-refractivity contribution in [3.8, 4) is 0 Å². The molecule has 0 aliphatic rings. The molecule has 0 saturated heterocycles. The lowest BCUT2D eigenvalue weighted by Gasteiger charge is -2.23. The Morgan fingerprint density at radius 1 is 1.16 bits per heavy atom. The van der Waals surface area contributed by atoms with Gasteiger partial charge in [0.25, 0.3) is 0 Å². The molecule has 0 aromatic carbocycles. The van der Waals surface area contributed by atoms with Crippen molar-refractivity contribution in [1.29, 1.82) is 0 Å². The first kappa shape index (κ1) is 18.3. The lowest BCUT2D eigenvalue weighted by atomic mass is 10.1. The molecule has 0 heterocycles. The van der Waals surface area contributed by atoms with E-state index in [0.717, 1.165) is 6.42 Å². The molecule has 0 rings (SSSR count). The highest BCUT2D eigenvalue weighted by Crippen LogP contribution is 2.14. The molecule has 0 aliphatic carbocycles. The smallest absolute Gasteiger partial charge is 0.463 e. The van der Waals surface area contributed by atoms with Gasteiger partial charge in [0.05, 0.1) is 6.61 Å². The maximum absolute atomic E-state index is 11.4. The third-order valence-electron chi connectivity index (χ3n) is 2.67. The molecular formula is C13H26O5Si. The number of hydrogen-bond acceptors (Lipinski definition) is 5. The number of esters is 1. The summed E-state index contributed by atoms with van der Waals surface area (Å²) in [6, 6.07) is 0.624. The fourth-order valence-electron chi connectivity index (χ4n) is 1.50. The van der Waals surface area contributed by atoms with E-state index in [-0.39, 0.29) is 5.97 Å². The van der Waals surface area contributed by atoms with Gasteiger partial charge in [0.1, 0.15) is 0 Å². The van der Waals surface area contributed by atoms with Crippen LogP contribution in [0.15, 0.2) is 12.2 Å². The Morgan fingerprint density at radius 3 is 2.21 bits per heavy atom. The van der Waals surface area contributed by atoms with Crippen LogP contribution in [0.25, 0.3) is 0 Å². The number of carbonyl (C=O) groups is 1. The Bertz CT molecular complexity index is 266. The van der Waals surface area contributed by atoms with E-state index in [0.29, 0.717) is 25.0 Å². The fraction of sp³-hybridized carbons (Fsp3) is 0.769. The van der Waals surface area contributed by atoms with Crippen LogP contribution in [-0.2, 0) is 22.8 Å². The maximum Gasteiger partial charge on any atom is 0.500 e. The van der Waals surface area contributed by atoms with Gasteiger partial charge in [-0.15, -0.1) is 0 Å². The van der Waals surface area contributed by atoms with Crippen molar-refractivity contribution < 1.29 is 22.8 Å². The largest absolute Gasteiger partial charge is 0.500 e. The molecule has 0 amide bonds. The monoisotopic (exact) mass is 290 g/mol. The zero-order chi connectivity index (χ0) is 14.7. The standard InChI is InChI=1S/C13H26O5Si/c1-12(2)8-6-9-13(14)18-10-7-11-19(15-3,16-4)17-5/h6,9,12H,7-8,10-11H2,1-5H3. The molecule has 0 aromatic rings. The van der Waals surface area contributed by atoms with Gasteiger partial charge in [0, 0.05) is 33.4 Å². The maximum atomic E-state index is 11.4. The van der Waals surface area contributed by atoms with E-state index in [4.69, 9.17) is 18.0 Å². The van der Waals surface area contributed by atoms with Crippen molar-refractivity contribution >= 4 is 14.8 Å². The predicted molar refractivity (Wildman–Crippen MR) is 75.8 cm³/mol. The van der Waals surface area contributed by atoms with Gasteiger partial charge in [0.2, 0.25) is 0 Å². The van der Waals surface area contributed by atoms with Gasteiger partial charge < -0.3 is 18.0 Å². The van der Waals surface area contributed by atoms with Gasteiger partial charge in [-0.2, -0.15) is 0 Å². The van der Waals surface area contributed by atoms with Gasteiger partial charge in [0.15, 0.2) is 0 Å². The van der Waals surface area contributed by atoms with E-state index >= 15 is 0 Å². The minimum absolute atomic E-state index is 0.305. The van der Waals surface area contributed by atoms with Gasteiger partial charge in [-0.3, -0.25) is 0 Å². The second-order valence-corrected chi connectivity index (χ2v) is 7.69. The molecule has 0 aliphatic heterocycles. The molecule has 0 aromatic heterocycles. The van der Waals surface area contributed by atoms with E-state index in [1.807, 2.05) is 6.08 Å². The highest BCUT2D eigenvalue weighted by Gasteiger charge is 2.36. The first-order valence-corrected chi connectivity index (χ1v) is 8.41. The predicted octanol–water partition coefficient (Wildman–Crippen LogP) is 2.40. The minimum Gasteiger partial charge on any atom is -0.463 e. The molecule has 0 bridgehead atoms. The summed E-state index contributed by atoms with van der Waals surface area (Å²) in [6.45, 7) is 4.54. The molecule has 0 atom stereocenters. The Hall–Kier alpha value is -0.693. The van der Waals surface area contributed by atoms with Crippen LogP contribution in [0.3, 0.4) is 0 Å². The first-order valence-electron chi connectivity index (χ1n) is 6.48. The topological polar surface area (TPSA) is 54.0 Å². The van der Waals surface area contributed by atoms with E-state index in [9.17, 15) is 4.79 Å². The van der Waals surface area contributed by atoms with Gasteiger partial charge in [-0.1, -0.05) is 19.9 Å². The molecular weight excluding hydrogens is 264 g/mol. The molecule has 5 nitrogen and oxygen atoms in total. The van der Waals surface area contributed by atoms with Crippen LogP contribution in [0.1, 0.15) is 26.7 Å². The lowest BCUT2D eigenvalue weighted by Crippen LogP contribution is -2.42. The summed E-state index contributed by atoms with van der Waals surface area (Å²) in [7, 11) is 2.17. The highest BCUT2D eigenvalue weighted by atomic mass is 28.4. The van der Waals surface area contributed by atoms with Crippen molar-refractivity contribution in [2.45, 2.75) is 32.7 Å². The van der Waals surface area contributed by atoms with E-state index in [1.165, 1.54) is 6.08 Å². The van der Waals surface area contributed by atoms with Crippen LogP contribution in [0.4, 0.5) is 0 Å². The van der Waals surface area contributed by atoms with Crippen LogP contribution in [0.5, 0.6) is 0 Å². The number of ether oxygens (including phenoxy) is 1. The van der Waals surface area contributed by atoms with Crippen LogP contribution in [0, 0.1) is 5.92 Å². The van der Waals surface area contributed by atoms with Crippen LogP contribution in [-0.4, -0.2) is 42.7 Å². The molecule has 0 fully saturated rings. The van der Waals surface area contributed by atoms with Crippen LogP contribution in [0.2, 0.25) is 6.04 Å². The van der Waals surface area contributed by atoms with Crippen LogP contribution < -0.4 is 0 Å². The molecule has 0 N–H and O–H groups in total. The molecule has 112 valence electrons. The zero-order valence-corrected chi connectivity index (χ0v) is 13.6. The second-order valence-electron chi connectivity index (χ2n) is 4.60. The summed E-state index contributed by atoms with van der Waals surface area (Å²) >= 11 is 0. The Labute approximate surface area is 117 Å². The molecule has 0 saturated carbocycles. The van der Waals surface area contributed by atoms with Crippen LogP contribution >= 0.6 is 0 Å². The SMILES string of the molecule is CO[Si](CCCOC(=O)C=CCC(C)C)(OC)OC. The van der Waals surface area contributed by atoms with Crippen molar-refractivity contribution in [2.75, 3.05) is 27.9 Å². The third kappa shape index (κ3) is 8.15. The Kier molecular flexibility index (Phi) is 9.77. The summed E-state index contributed by atoms with van der Waals surface area (Å²) in [4.78, 5) is 11.4. The zero-order valence-electron chi connectivity index (χ0n) is 12.6. The Morgan fingerprint density at radius 2 is 1.74 bits per heavy atom. The summed E-state index contributed by atoms with van der Waals surface area (Å²) < 4.78 is 20.9. The van der Waals surface area contributed by atoms with Gasteiger partial charge in [-0.25, -0.2) is 4.79 Å². The fourth-order valence-corrected chi connectivity index (χ4v) is 3.19. The summed E-state index contributed by atoms with van der Waals surface area (Å²) in [5.74, 6) is 0.237. The average Bonchev–Trinajstić information content (AvgIpc) is 2.39. The summed E-state index contributed by atoms with van der Waals surface area (Å²) in [5, 5.41) is 0. The number of rotatable bonds is 10. The molecule has 19 heavy (non-hydrogen) atoms. The number of carbonyl (C=O) groups excluding carboxylic acids is 1. The third-order valence-corrected chi connectivity index (χ3v) is 5.50. The molecule has 6 heteroatoms. The van der Waals surface area contributed by atoms with E-state index in [2.05, 4.69) is 13.8 Å². The first-order chi connectivity index (χ1) is 8.99. The van der Waals surface area contributed by atoms with E-state index in [1.54, 1.807) is 21.3 Å². The quantitative estimate of drug-likeness (QED) is 0.268. The minimum atomic E-state index is -2.54. The summed E-state index contributed by atoms with van der Waals surface area (Å²) in [6.07, 6.45) is 4.85.